The van der Waals surface area contributed by atoms with Crippen LogP contribution in [0.5, 0.6) is 0 Å². The number of anilines is 2. The number of nitrogens with zero attached hydrogens (tertiary/aromatic N) is 2. The molecule has 7 heteroatoms. The molecule has 0 atom stereocenters. The third-order valence-electron chi connectivity index (χ3n) is 5.20. The van der Waals surface area contributed by atoms with E-state index in [9.17, 15) is 14.0 Å². The second-order valence-corrected chi connectivity index (χ2v) is 9.77. The molecule has 0 unspecified atom stereocenters. The molecule has 6 nitrogen and oxygen atoms in total. The van der Waals surface area contributed by atoms with Gasteiger partial charge in [0.1, 0.15) is 11.6 Å². The van der Waals surface area contributed by atoms with Gasteiger partial charge in [-0.3, -0.25) is 9.59 Å². The Kier molecular flexibility index (Phi) is 7.76. The SMILES string of the molecule is CN(C)c1ccc(NC(=O)CC(C)(C)C)cc1CN(Cc1ccco1)C(=O)c1ccc(F)cc1. The van der Waals surface area contributed by atoms with E-state index in [1.165, 1.54) is 24.3 Å². The summed E-state index contributed by atoms with van der Waals surface area (Å²) in [6.45, 7) is 6.56. The zero-order valence-electron chi connectivity index (χ0n) is 20.4. The Morgan fingerprint density at radius 3 is 2.29 bits per heavy atom. The fourth-order valence-corrected chi connectivity index (χ4v) is 3.68. The molecular formula is C27H32FN3O3. The van der Waals surface area contributed by atoms with Crippen LogP contribution in [0.3, 0.4) is 0 Å². The van der Waals surface area contributed by atoms with Gasteiger partial charge < -0.3 is 19.5 Å². The van der Waals surface area contributed by atoms with Crippen molar-refractivity contribution >= 4 is 23.2 Å². The quantitative estimate of drug-likeness (QED) is 0.463. The standard InChI is InChI=1S/C27H32FN3O3/c1-27(2,3)16-25(32)29-22-12-13-24(30(4)5)20(15-22)17-31(18-23-7-6-14-34-23)26(33)19-8-10-21(28)11-9-19/h6-15H,16-18H2,1-5H3,(H,29,32). The molecule has 180 valence electrons. The first kappa shape index (κ1) is 25.0. The van der Waals surface area contributed by atoms with Crippen LogP contribution in [0.4, 0.5) is 15.8 Å². The van der Waals surface area contributed by atoms with Crippen LogP contribution in [-0.2, 0) is 17.9 Å². The van der Waals surface area contributed by atoms with Crippen LogP contribution < -0.4 is 10.2 Å². The summed E-state index contributed by atoms with van der Waals surface area (Å²) in [5.41, 5.74) is 2.71. The predicted molar refractivity (Wildman–Crippen MR) is 132 cm³/mol. The lowest BCUT2D eigenvalue weighted by Gasteiger charge is -2.26. The number of hydrogen-bond donors (Lipinski definition) is 1. The zero-order valence-corrected chi connectivity index (χ0v) is 20.4. The average molecular weight is 466 g/mol. The summed E-state index contributed by atoms with van der Waals surface area (Å²) in [6, 6.07) is 14.7. The zero-order chi connectivity index (χ0) is 24.9. The monoisotopic (exact) mass is 465 g/mol. The summed E-state index contributed by atoms with van der Waals surface area (Å²) in [5.74, 6) is -0.0756. The summed E-state index contributed by atoms with van der Waals surface area (Å²) in [5, 5.41) is 2.97. The van der Waals surface area contributed by atoms with Crippen molar-refractivity contribution in [2.45, 2.75) is 40.3 Å². The number of hydrogen-bond acceptors (Lipinski definition) is 4. The van der Waals surface area contributed by atoms with Crippen molar-refractivity contribution < 1.29 is 18.4 Å². The van der Waals surface area contributed by atoms with Gasteiger partial charge in [-0.05, 0) is 65.6 Å². The van der Waals surface area contributed by atoms with E-state index >= 15 is 0 Å². The number of benzene rings is 2. The van der Waals surface area contributed by atoms with Gasteiger partial charge in [-0.15, -0.1) is 0 Å². The van der Waals surface area contributed by atoms with Crippen LogP contribution in [0.25, 0.3) is 0 Å². The van der Waals surface area contributed by atoms with E-state index < -0.39 is 5.82 Å². The topological polar surface area (TPSA) is 65.8 Å². The van der Waals surface area contributed by atoms with Gasteiger partial charge in [0.05, 0.1) is 12.8 Å². The molecule has 0 aliphatic rings. The van der Waals surface area contributed by atoms with Crippen LogP contribution in [0.2, 0.25) is 0 Å². The Balaban J connectivity index is 1.92. The smallest absolute Gasteiger partial charge is 0.254 e. The van der Waals surface area contributed by atoms with Crippen LogP contribution in [0, 0.1) is 11.2 Å². The van der Waals surface area contributed by atoms with Gasteiger partial charge in [-0.25, -0.2) is 4.39 Å². The Labute approximate surface area is 200 Å². The van der Waals surface area contributed by atoms with Gasteiger partial charge in [0.2, 0.25) is 5.91 Å². The van der Waals surface area contributed by atoms with E-state index in [1.54, 1.807) is 23.3 Å². The summed E-state index contributed by atoms with van der Waals surface area (Å²) >= 11 is 0. The first-order chi connectivity index (χ1) is 16.0. The van der Waals surface area contributed by atoms with Gasteiger partial charge in [0.25, 0.3) is 5.91 Å². The predicted octanol–water partition coefficient (Wildman–Crippen LogP) is 5.70. The van der Waals surface area contributed by atoms with E-state index in [2.05, 4.69) is 5.32 Å². The van der Waals surface area contributed by atoms with E-state index in [-0.39, 0.29) is 30.3 Å². The van der Waals surface area contributed by atoms with Gasteiger partial charge in [-0.2, -0.15) is 0 Å². The van der Waals surface area contributed by atoms with E-state index in [0.29, 0.717) is 23.4 Å². The maximum absolute atomic E-state index is 13.4. The number of rotatable bonds is 8. The number of amides is 2. The minimum atomic E-state index is -0.400. The molecule has 0 radical (unpaired) electrons. The molecule has 34 heavy (non-hydrogen) atoms. The van der Waals surface area contributed by atoms with Crippen LogP contribution >= 0.6 is 0 Å². The van der Waals surface area contributed by atoms with Gasteiger partial charge in [0, 0.05) is 44.0 Å². The minimum Gasteiger partial charge on any atom is -0.467 e. The van der Waals surface area contributed by atoms with Gasteiger partial charge in [0.15, 0.2) is 0 Å². The molecular weight excluding hydrogens is 433 g/mol. The molecule has 0 fully saturated rings. The number of nitrogens with one attached hydrogen (secondary N) is 1. The molecule has 2 aromatic carbocycles. The molecule has 2 amide bonds. The third kappa shape index (κ3) is 6.94. The van der Waals surface area contributed by atoms with E-state index in [0.717, 1.165) is 11.3 Å². The molecule has 0 aliphatic carbocycles. The van der Waals surface area contributed by atoms with Gasteiger partial charge in [-0.1, -0.05) is 20.8 Å². The third-order valence-corrected chi connectivity index (χ3v) is 5.20. The molecule has 0 spiro atoms. The molecule has 3 rings (SSSR count). The number of carbonyl (C=O) groups is 2. The second kappa shape index (κ2) is 10.5. The van der Waals surface area contributed by atoms with Crippen molar-refractivity contribution in [2.24, 2.45) is 5.41 Å². The molecule has 0 bridgehead atoms. The van der Waals surface area contributed by atoms with Crippen molar-refractivity contribution in [2.75, 3.05) is 24.3 Å². The molecule has 1 N–H and O–H groups in total. The Bertz CT molecular complexity index is 1120. The number of halogens is 1. The molecule has 0 saturated heterocycles. The summed E-state index contributed by atoms with van der Waals surface area (Å²) < 4.78 is 18.9. The highest BCUT2D eigenvalue weighted by atomic mass is 19.1. The maximum Gasteiger partial charge on any atom is 0.254 e. The Morgan fingerprint density at radius 1 is 1.00 bits per heavy atom. The van der Waals surface area contributed by atoms with E-state index in [4.69, 9.17) is 4.42 Å². The molecule has 0 aliphatic heterocycles. The molecule has 0 saturated carbocycles. The molecule has 3 aromatic rings. The van der Waals surface area contributed by atoms with Crippen LogP contribution in [-0.4, -0.2) is 30.8 Å². The van der Waals surface area contributed by atoms with E-state index in [1.807, 2.05) is 58.0 Å². The highest BCUT2D eigenvalue weighted by Gasteiger charge is 2.21. The molecule has 1 aromatic heterocycles. The average Bonchev–Trinajstić information content (AvgIpc) is 3.25. The van der Waals surface area contributed by atoms with Crippen molar-refractivity contribution in [1.29, 1.82) is 0 Å². The van der Waals surface area contributed by atoms with Crippen molar-refractivity contribution in [1.82, 2.24) is 4.90 Å². The normalized spacial score (nSPS) is 11.2. The largest absolute Gasteiger partial charge is 0.467 e. The first-order valence-corrected chi connectivity index (χ1v) is 11.2. The number of furan rings is 1. The lowest BCUT2D eigenvalue weighted by Crippen LogP contribution is -2.31. The van der Waals surface area contributed by atoms with Gasteiger partial charge >= 0.3 is 0 Å². The summed E-state index contributed by atoms with van der Waals surface area (Å²) in [7, 11) is 3.85. The van der Waals surface area contributed by atoms with Crippen molar-refractivity contribution in [3.05, 3.63) is 83.6 Å². The fraction of sp³-hybridized carbons (Fsp3) is 0.333. The number of carbonyl (C=O) groups excluding carboxylic acids is 2. The van der Waals surface area contributed by atoms with Crippen molar-refractivity contribution in [3.8, 4) is 0 Å². The first-order valence-electron chi connectivity index (χ1n) is 11.2. The Hall–Kier alpha value is -3.61. The van der Waals surface area contributed by atoms with Crippen LogP contribution in [0.1, 0.15) is 48.9 Å². The maximum atomic E-state index is 13.4. The Morgan fingerprint density at radius 2 is 1.71 bits per heavy atom. The summed E-state index contributed by atoms with van der Waals surface area (Å²) in [4.78, 5) is 29.5. The highest BCUT2D eigenvalue weighted by Crippen LogP contribution is 2.27. The fourth-order valence-electron chi connectivity index (χ4n) is 3.68. The molecule has 1 heterocycles. The lowest BCUT2D eigenvalue weighted by atomic mass is 9.92. The van der Waals surface area contributed by atoms with Crippen molar-refractivity contribution in [3.63, 3.8) is 0 Å². The summed E-state index contributed by atoms with van der Waals surface area (Å²) in [6.07, 6.45) is 1.96. The lowest BCUT2D eigenvalue weighted by molar-refractivity contribution is -0.117. The van der Waals surface area contributed by atoms with Crippen LogP contribution in [0.15, 0.2) is 65.3 Å². The highest BCUT2D eigenvalue weighted by molar-refractivity contribution is 5.94. The minimum absolute atomic E-state index is 0.0640. The second-order valence-electron chi connectivity index (χ2n) is 9.77.